The molecule has 4 heteroatoms. The van der Waals surface area contributed by atoms with E-state index in [1.165, 1.54) is 38.5 Å². The van der Waals surface area contributed by atoms with Crippen molar-refractivity contribution in [2.75, 3.05) is 18.5 Å². The van der Waals surface area contributed by atoms with Crippen LogP contribution in [0.1, 0.15) is 38.5 Å². The second-order valence-corrected chi connectivity index (χ2v) is 4.94. The highest BCUT2D eigenvalue weighted by Crippen LogP contribution is 2.25. The molecule has 0 aromatic rings. The summed E-state index contributed by atoms with van der Waals surface area (Å²) < 4.78 is 5.82. The van der Waals surface area contributed by atoms with Gasteiger partial charge in [-0.05, 0) is 51.0 Å². The van der Waals surface area contributed by atoms with E-state index in [9.17, 15) is 0 Å². The van der Waals surface area contributed by atoms with Crippen LogP contribution in [0.3, 0.4) is 0 Å². The van der Waals surface area contributed by atoms with Gasteiger partial charge in [0.2, 0.25) is 0 Å². The maximum atomic E-state index is 5.82. The van der Waals surface area contributed by atoms with Crippen LogP contribution in [0, 0.1) is 5.92 Å². The van der Waals surface area contributed by atoms with Gasteiger partial charge in [-0.1, -0.05) is 15.9 Å². The van der Waals surface area contributed by atoms with Gasteiger partial charge < -0.3 is 10.5 Å². The van der Waals surface area contributed by atoms with Gasteiger partial charge in [-0.2, -0.15) is 0 Å². The Kier molecular flexibility index (Phi) is 10.3. The molecule has 0 unspecified atom stereocenters. The van der Waals surface area contributed by atoms with Crippen LogP contribution in [-0.4, -0.2) is 24.6 Å². The third kappa shape index (κ3) is 6.77. The van der Waals surface area contributed by atoms with Crippen molar-refractivity contribution in [3.63, 3.8) is 0 Å². The highest BCUT2D eigenvalue weighted by molar-refractivity contribution is 9.09. The normalized spacial score (nSPS) is 26.0. The topological polar surface area (TPSA) is 35.2 Å². The van der Waals surface area contributed by atoms with Crippen LogP contribution in [-0.2, 0) is 4.74 Å². The predicted molar refractivity (Wildman–Crippen MR) is 71.0 cm³/mol. The van der Waals surface area contributed by atoms with E-state index in [-0.39, 0.29) is 12.4 Å². The summed E-state index contributed by atoms with van der Waals surface area (Å²) in [5.41, 5.74) is 5.64. The zero-order valence-electron chi connectivity index (χ0n) is 9.29. The Labute approximate surface area is 108 Å². The molecule has 1 aliphatic rings. The van der Waals surface area contributed by atoms with E-state index >= 15 is 0 Å². The van der Waals surface area contributed by atoms with E-state index in [1.807, 2.05) is 0 Å². The van der Waals surface area contributed by atoms with E-state index in [1.54, 1.807) is 0 Å². The lowest BCUT2D eigenvalue weighted by Crippen LogP contribution is -2.26. The average molecular weight is 301 g/mol. The molecule has 0 bridgehead atoms. The molecular formula is C11H23BrClNO. The maximum absolute atomic E-state index is 5.82. The minimum absolute atomic E-state index is 0. The smallest absolute Gasteiger partial charge is 0.0575 e. The largest absolute Gasteiger partial charge is 0.378 e. The summed E-state index contributed by atoms with van der Waals surface area (Å²) in [6.07, 6.45) is 7.89. The lowest BCUT2D eigenvalue weighted by Gasteiger charge is -2.27. The molecule has 15 heavy (non-hydrogen) atoms. The minimum atomic E-state index is 0. The molecule has 0 aliphatic heterocycles. The summed E-state index contributed by atoms with van der Waals surface area (Å²) in [6, 6.07) is 0. The number of nitrogens with two attached hydrogens (primary N) is 1. The van der Waals surface area contributed by atoms with Crippen molar-refractivity contribution in [3.05, 3.63) is 0 Å². The summed E-state index contributed by atoms with van der Waals surface area (Å²) in [7, 11) is 0. The van der Waals surface area contributed by atoms with Crippen LogP contribution in [0.2, 0.25) is 0 Å². The molecule has 0 atom stereocenters. The summed E-state index contributed by atoms with van der Waals surface area (Å²) in [5, 5.41) is 1.09. The fourth-order valence-corrected chi connectivity index (χ4v) is 2.38. The third-order valence-corrected chi connectivity index (χ3v) is 3.57. The van der Waals surface area contributed by atoms with Crippen LogP contribution in [0.5, 0.6) is 0 Å². The van der Waals surface area contributed by atoms with Crippen LogP contribution < -0.4 is 5.73 Å². The third-order valence-electron chi connectivity index (χ3n) is 3.01. The summed E-state index contributed by atoms with van der Waals surface area (Å²) in [5.74, 6) is 0.761. The average Bonchev–Trinajstić information content (AvgIpc) is 2.25. The standard InChI is InChI=1S/C11H22BrNO.ClH/c12-7-1-2-8-14-11-5-3-10(9-13)4-6-11;/h10-11H,1-9,13H2;1H. The minimum Gasteiger partial charge on any atom is -0.378 e. The summed E-state index contributed by atoms with van der Waals surface area (Å²) in [4.78, 5) is 0. The van der Waals surface area contributed by atoms with E-state index in [2.05, 4.69) is 15.9 Å². The molecule has 1 rings (SSSR count). The second-order valence-electron chi connectivity index (χ2n) is 4.15. The first-order valence-electron chi connectivity index (χ1n) is 5.74. The predicted octanol–water partition coefficient (Wildman–Crippen LogP) is 3.12. The van der Waals surface area contributed by atoms with Gasteiger partial charge in [-0.15, -0.1) is 12.4 Å². The molecule has 0 spiro atoms. The molecule has 0 aromatic heterocycles. The zero-order valence-corrected chi connectivity index (χ0v) is 11.7. The van der Waals surface area contributed by atoms with Gasteiger partial charge in [0.05, 0.1) is 6.10 Å². The van der Waals surface area contributed by atoms with Crippen LogP contribution in [0.15, 0.2) is 0 Å². The Hall–Kier alpha value is 0.690. The first-order chi connectivity index (χ1) is 6.86. The molecule has 0 aromatic carbocycles. The summed E-state index contributed by atoms with van der Waals surface area (Å²) >= 11 is 3.42. The number of hydrogen-bond acceptors (Lipinski definition) is 2. The zero-order chi connectivity index (χ0) is 10.2. The van der Waals surface area contributed by atoms with Gasteiger partial charge >= 0.3 is 0 Å². The maximum Gasteiger partial charge on any atom is 0.0575 e. The molecule has 0 radical (unpaired) electrons. The number of rotatable bonds is 6. The van der Waals surface area contributed by atoms with Crippen LogP contribution in [0.25, 0.3) is 0 Å². The van der Waals surface area contributed by atoms with Gasteiger partial charge in [-0.3, -0.25) is 0 Å². The van der Waals surface area contributed by atoms with Crippen molar-refractivity contribution in [1.82, 2.24) is 0 Å². The van der Waals surface area contributed by atoms with Crippen molar-refractivity contribution in [2.24, 2.45) is 11.7 Å². The monoisotopic (exact) mass is 299 g/mol. The molecule has 0 saturated heterocycles. The molecule has 0 amide bonds. The number of halogens is 2. The van der Waals surface area contributed by atoms with Crippen molar-refractivity contribution in [1.29, 1.82) is 0 Å². The molecule has 0 heterocycles. The number of ether oxygens (including phenoxy) is 1. The van der Waals surface area contributed by atoms with Crippen LogP contribution >= 0.6 is 28.3 Å². The molecule has 1 aliphatic carbocycles. The quantitative estimate of drug-likeness (QED) is 0.604. The highest BCUT2D eigenvalue weighted by Gasteiger charge is 2.20. The van der Waals surface area contributed by atoms with E-state index in [0.717, 1.165) is 24.4 Å². The van der Waals surface area contributed by atoms with Crippen LogP contribution in [0.4, 0.5) is 0 Å². The van der Waals surface area contributed by atoms with Gasteiger partial charge in [-0.25, -0.2) is 0 Å². The van der Waals surface area contributed by atoms with Crippen molar-refractivity contribution in [2.45, 2.75) is 44.6 Å². The Balaban J connectivity index is 0.00000196. The Bertz CT molecular complexity index is 141. The van der Waals surface area contributed by atoms with E-state index in [0.29, 0.717) is 6.10 Å². The van der Waals surface area contributed by atoms with E-state index in [4.69, 9.17) is 10.5 Å². The van der Waals surface area contributed by atoms with Gasteiger partial charge in [0.1, 0.15) is 0 Å². The van der Waals surface area contributed by atoms with E-state index < -0.39 is 0 Å². The molecular weight excluding hydrogens is 277 g/mol. The molecule has 2 N–H and O–H groups in total. The molecule has 1 saturated carbocycles. The van der Waals surface area contributed by atoms with Crippen molar-refractivity contribution < 1.29 is 4.74 Å². The molecule has 1 fully saturated rings. The Morgan fingerprint density at radius 2 is 1.80 bits per heavy atom. The fourth-order valence-electron chi connectivity index (χ4n) is 1.98. The molecule has 92 valence electrons. The molecule has 2 nitrogen and oxygen atoms in total. The highest BCUT2D eigenvalue weighted by atomic mass is 79.9. The number of unbranched alkanes of at least 4 members (excludes halogenated alkanes) is 1. The van der Waals surface area contributed by atoms with Gasteiger partial charge in [0, 0.05) is 11.9 Å². The fraction of sp³-hybridized carbons (Fsp3) is 1.00. The van der Waals surface area contributed by atoms with Crippen molar-refractivity contribution >= 4 is 28.3 Å². The first kappa shape index (κ1) is 15.7. The Morgan fingerprint density at radius 3 is 2.33 bits per heavy atom. The lowest BCUT2D eigenvalue weighted by atomic mass is 9.87. The van der Waals surface area contributed by atoms with Crippen molar-refractivity contribution in [3.8, 4) is 0 Å². The SMILES string of the molecule is Cl.NCC1CCC(OCCCCBr)CC1. The number of alkyl halides is 1. The Morgan fingerprint density at radius 1 is 1.13 bits per heavy atom. The number of hydrogen-bond donors (Lipinski definition) is 1. The summed E-state index contributed by atoms with van der Waals surface area (Å²) in [6.45, 7) is 1.79. The van der Waals surface area contributed by atoms with Gasteiger partial charge in [0.15, 0.2) is 0 Å². The lowest BCUT2D eigenvalue weighted by molar-refractivity contribution is 0.0177. The first-order valence-corrected chi connectivity index (χ1v) is 6.86. The second kappa shape index (κ2) is 9.88. The van der Waals surface area contributed by atoms with Gasteiger partial charge in [0.25, 0.3) is 0 Å².